The Labute approximate surface area is 117 Å². The first kappa shape index (κ1) is 14.1. The fourth-order valence-electron chi connectivity index (χ4n) is 1.72. The van der Waals surface area contributed by atoms with E-state index in [1.165, 1.54) is 0 Å². The van der Waals surface area contributed by atoms with Crippen LogP contribution in [0.4, 0.5) is 0 Å². The summed E-state index contributed by atoms with van der Waals surface area (Å²) < 4.78 is 5.04. The van der Waals surface area contributed by atoms with Gasteiger partial charge in [0.25, 0.3) is 0 Å². The van der Waals surface area contributed by atoms with Crippen LogP contribution in [0.25, 0.3) is 10.6 Å². The van der Waals surface area contributed by atoms with Gasteiger partial charge >= 0.3 is 0 Å². The van der Waals surface area contributed by atoms with Gasteiger partial charge in [-0.25, -0.2) is 0 Å². The molecule has 0 amide bonds. The van der Waals surface area contributed by atoms with Gasteiger partial charge < -0.3 is 9.84 Å². The Morgan fingerprint density at radius 2 is 2.21 bits per heavy atom. The van der Waals surface area contributed by atoms with Crippen LogP contribution in [0.2, 0.25) is 0 Å². The van der Waals surface area contributed by atoms with Gasteiger partial charge in [-0.1, -0.05) is 30.3 Å². The van der Waals surface area contributed by atoms with Crippen molar-refractivity contribution < 1.29 is 4.52 Å². The van der Waals surface area contributed by atoms with Crippen LogP contribution >= 0.6 is 11.3 Å². The largest absolute Gasteiger partial charge is 0.361 e. The molecule has 0 atom stereocenters. The fourth-order valence-corrected chi connectivity index (χ4v) is 2.66. The first-order chi connectivity index (χ1) is 9.16. The van der Waals surface area contributed by atoms with Crippen LogP contribution in [0.3, 0.4) is 0 Å². The van der Waals surface area contributed by atoms with Crippen LogP contribution in [0.5, 0.6) is 0 Å². The first-order valence-corrected chi connectivity index (χ1v) is 7.43. The van der Waals surface area contributed by atoms with E-state index in [-0.39, 0.29) is 0 Å². The molecule has 2 aromatic rings. The molecule has 0 radical (unpaired) electrons. The monoisotopic (exact) mass is 280 g/mol. The molecule has 0 unspecified atom stereocenters. The topological polar surface area (TPSA) is 63.8 Å². The maximum atomic E-state index is 5.04. The Hall–Kier alpha value is -1.27. The van der Waals surface area contributed by atoms with Crippen molar-refractivity contribution >= 4 is 11.3 Å². The lowest BCUT2D eigenvalue weighted by atomic mass is 10.2. The average Bonchev–Trinajstić information content (AvgIpc) is 2.97. The number of aromatic nitrogens is 3. The molecule has 104 valence electrons. The molecule has 0 bridgehead atoms. The Kier molecular flexibility index (Phi) is 5.04. The minimum Gasteiger partial charge on any atom is -0.361 e. The van der Waals surface area contributed by atoms with E-state index in [0.29, 0.717) is 5.92 Å². The second-order valence-electron chi connectivity index (χ2n) is 5.00. The lowest BCUT2D eigenvalue weighted by molar-refractivity contribution is 0.398. The smallest absolute Gasteiger partial charge is 0.152 e. The van der Waals surface area contributed by atoms with Gasteiger partial charge in [-0.2, -0.15) is 0 Å². The summed E-state index contributed by atoms with van der Waals surface area (Å²) in [5.74, 6) is 1.49. The van der Waals surface area contributed by atoms with Gasteiger partial charge in [0.2, 0.25) is 0 Å². The summed E-state index contributed by atoms with van der Waals surface area (Å²) in [4.78, 5) is 0. The molecule has 0 fully saturated rings. The zero-order valence-electron chi connectivity index (χ0n) is 11.6. The maximum Gasteiger partial charge on any atom is 0.152 e. The van der Waals surface area contributed by atoms with Gasteiger partial charge in [0.05, 0.1) is 11.8 Å². The summed E-state index contributed by atoms with van der Waals surface area (Å²) >= 11 is 1.62. The van der Waals surface area contributed by atoms with Gasteiger partial charge in [-0.15, -0.1) is 10.2 Å². The SMILES string of the molecule is Cc1oncc1-c1nnc(CCCNCC(C)C)s1. The number of aryl methyl sites for hydroxylation is 2. The highest BCUT2D eigenvalue weighted by Gasteiger charge is 2.11. The molecule has 19 heavy (non-hydrogen) atoms. The van der Waals surface area contributed by atoms with Crippen LogP contribution in [0.15, 0.2) is 10.7 Å². The third-order valence-electron chi connectivity index (χ3n) is 2.74. The highest BCUT2D eigenvalue weighted by Crippen LogP contribution is 2.26. The third-order valence-corrected chi connectivity index (χ3v) is 3.76. The van der Waals surface area contributed by atoms with Gasteiger partial charge in [0.15, 0.2) is 5.01 Å². The first-order valence-electron chi connectivity index (χ1n) is 6.61. The van der Waals surface area contributed by atoms with Crippen molar-refractivity contribution in [2.75, 3.05) is 13.1 Å². The molecule has 2 aromatic heterocycles. The molecule has 0 aliphatic heterocycles. The molecular weight excluding hydrogens is 260 g/mol. The van der Waals surface area contributed by atoms with E-state index < -0.39 is 0 Å². The number of rotatable bonds is 7. The summed E-state index contributed by atoms with van der Waals surface area (Å²) in [7, 11) is 0. The zero-order valence-corrected chi connectivity index (χ0v) is 12.5. The Morgan fingerprint density at radius 3 is 2.89 bits per heavy atom. The van der Waals surface area contributed by atoms with E-state index in [1.54, 1.807) is 17.5 Å². The van der Waals surface area contributed by atoms with Crippen molar-refractivity contribution in [1.82, 2.24) is 20.7 Å². The van der Waals surface area contributed by atoms with Crippen molar-refractivity contribution in [2.24, 2.45) is 5.92 Å². The number of nitrogens with zero attached hydrogens (tertiary/aromatic N) is 3. The molecule has 0 saturated carbocycles. The zero-order chi connectivity index (χ0) is 13.7. The highest BCUT2D eigenvalue weighted by atomic mass is 32.1. The van der Waals surface area contributed by atoms with E-state index in [9.17, 15) is 0 Å². The predicted molar refractivity (Wildman–Crippen MR) is 76.2 cm³/mol. The molecule has 6 heteroatoms. The Balaban J connectivity index is 1.80. The van der Waals surface area contributed by atoms with Crippen LogP contribution in [-0.2, 0) is 6.42 Å². The van der Waals surface area contributed by atoms with Crippen molar-refractivity contribution in [1.29, 1.82) is 0 Å². The average molecular weight is 280 g/mol. The van der Waals surface area contributed by atoms with E-state index in [0.717, 1.165) is 47.3 Å². The van der Waals surface area contributed by atoms with E-state index in [1.807, 2.05) is 6.92 Å². The Morgan fingerprint density at radius 1 is 1.37 bits per heavy atom. The molecule has 5 nitrogen and oxygen atoms in total. The molecule has 2 rings (SSSR count). The number of hydrogen-bond acceptors (Lipinski definition) is 6. The number of nitrogens with one attached hydrogen (secondary N) is 1. The summed E-state index contributed by atoms with van der Waals surface area (Å²) in [6, 6.07) is 0. The maximum absolute atomic E-state index is 5.04. The fraction of sp³-hybridized carbons (Fsp3) is 0.615. The molecule has 2 heterocycles. The van der Waals surface area contributed by atoms with Gasteiger partial charge in [-0.3, -0.25) is 0 Å². The van der Waals surface area contributed by atoms with Crippen molar-refractivity contribution in [3.63, 3.8) is 0 Å². The minimum absolute atomic E-state index is 0.699. The summed E-state index contributed by atoms with van der Waals surface area (Å²) in [5, 5.41) is 17.6. The summed E-state index contributed by atoms with van der Waals surface area (Å²) in [6.07, 6.45) is 3.75. The van der Waals surface area contributed by atoms with Crippen LogP contribution in [0.1, 0.15) is 31.0 Å². The van der Waals surface area contributed by atoms with Gasteiger partial charge in [0, 0.05) is 6.42 Å². The minimum atomic E-state index is 0.699. The van der Waals surface area contributed by atoms with E-state index >= 15 is 0 Å². The normalized spacial score (nSPS) is 11.4. The van der Waals surface area contributed by atoms with Crippen molar-refractivity contribution in [2.45, 2.75) is 33.6 Å². The van der Waals surface area contributed by atoms with Gasteiger partial charge in [0.1, 0.15) is 10.8 Å². The molecule has 0 aliphatic carbocycles. The molecular formula is C13H20N4OS. The van der Waals surface area contributed by atoms with Crippen LogP contribution in [-0.4, -0.2) is 28.4 Å². The molecule has 0 spiro atoms. The van der Waals surface area contributed by atoms with Crippen LogP contribution in [0, 0.1) is 12.8 Å². The predicted octanol–water partition coefficient (Wildman–Crippen LogP) is 2.68. The second kappa shape index (κ2) is 6.77. The summed E-state index contributed by atoms with van der Waals surface area (Å²) in [6.45, 7) is 8.41. The number of hydrogen-bond donors (Lipinski definition) is 1. The molecule has 1 N–H and O–H groups in total. The van der Waals surface area contributed by atoms with E-state index in [4.69, 9.17) is 4.52 Å². The quantitative estimate of drug-likeness (QED) is 0.790. The van der Waals surface area contributed by atoms with Crippen LogP contribution < -0.4 is 5.32 Å². The standard InChI is InChI=1S/C13H20N4OS/c1-9(2)7-14-6-4-5-12-16-17-13(19-12)11-8-15-18-10(11)3/h8-9,14H,4-7H2,1-3H3. The third kappa shape index (κ3) is 4.11. The van der Waals surface area contributed by atoms with Crippen molar-refractivity contribution in [3.8, 4) is 10.6 Å². The second-order valence-corrected chi connectivity index (χ2v) is 6.06. The Bertz CT molecular complexity index is 506. The molecule has 0 aliphatic rings. The highest BCUT2D eigenvalue weighted by molar-refractivity contribution is 7.14. The lowest BCUT2D eigenvalue weighted by Crippen LogP contribution is -2.21. The molecule has 0 aromatic carbocycles. The lowest BCUT2D eigenvalue weighted by Gasteiger charge is -2.05. The van der Waals surface area contributed by atoms with E-state index in [2.05, 4.69) is 34.5 Å². The summed E-state index contributed by atoms with van der Waals surface area (Å²) in [5.41, 5.74) is 0.946. The van der Waals surface area contributed by atoms with Crippen molar-refractivity contribution in [3.05, 3.63) is 17.0 Å². The van der Waals surface area contributed by atoms with Gasteiger partial charge in [-0.05, 0) is 32.4 Å². The molecule has 0 saturated heterocycles.